The van der Waals surface area contributed by atoms with Crippen molar-refractivity contribution in [1.82, 2.24) is 9.97 Å². The predicted octanol–water partition coefficient (Wildman–Crippen LogP) is 7.11. The summed E-state index contributed by atoms with van der Waals surface area (Å²) >= 11 is 0. The normalized spacial score (nSPS) is 12.3. The van der Waals surface area contributed by atoms with Gasteiger partial charge in [-0.2, -0.15) is 18.2 Å². The summed E-state index contributed by atoms with van der Waals surface area (Å²) in [6.45, 7) is 6.07. The van der Waals surface area contributed by atoms with E-state index < -0.39 is 11.7 Å². The highest BCUT2D eigenvalue weighted by Crippen LogP contribution is 2.35. The van der Waals surface area contributed by atoms with E-state index in [1.165, 1.54) is 0 Å². The average molecular weight is 445 g/mol. The van der Waals surface area contributed by atoms with Gasteiger partial charge in [-0.3, -0.25) is 0 Å². The van der Waals surface area contributed by atoms with Gasteiger partial charge in [0.2, 0.25) is 5.95 Å². The molecule has 0 aliphatic heterocycles. The minimum atomic E-state index is -4.59. The molecule has 32 heavy (non-hydrogen) atoms. The van der Waals surface area contributed by atoms with E-state index in [-0.39, 0.29) is 17.9 Å². The zero-order valence-corrected chi connectivity index (χ0v) is 18.3. The van der Waals surface area contributed by atoms with Crippen LogP contribution in [0.4, 0.5) is 36.3 Å². The molecule has 0 bridgehead atoms. The molecule has 2 aromatic carbocycles. The summed E-state index contributed by atoms with van der Waals surface area (Å²) < 4.78 is 46.3. The van der Waals surface area contributed by atoms with Gasteiger partial charge in [-0.25, -0.2) is 4.98 Å². The van der Waals surface area contributed by atoms with Gasteiger partial charge in [-0.15, -0.1) is 0 Å². The predicted molar refractivity (Wildman–Crippen MR) is 121 cm³/mol. The third-order valence-electron chi connectivity index (χ3n) is 4.85. The zero-order valence-electron chi connectivity index (χ0n) is 18.3. The van der Waals surface area contributed by atoms with Gasteiger partial charge in [0, 0.05) is 17.6 Å². The van der Waals surface area contributed by atoms with Crippen LogP contribution in [-0.2, 0) is 12.6 Å². The van der Waals surface area contributed by atoms with Crippen molar-refractivity contribution in [2.24, 2.45) is 0 Å². The number of hydrogen-bond acceptors (Lipinski definition) is 5. The van der Waals surface area contributed by atoms with Crippen molar-refractivity contribution in [1.29, 1.82) is 0 Å². The molecule has 0 fully saturated rings. The second kappa shape index (κ2) is 10.3. The maximum absolute atomic E-state index is 13.5. The Morgan fingerprint density at radius 3 is 2.41 bits per heavy atom. The van der Waals surface area contributed by atoms with Crippen LogP contribution in [0.5, 0.6) is 5.75 Å². The molecular formula is C24H27F3N4O. The Balaban J connectivity index is 1.83. The standard InChI is InChI=1S/C24H27F3N4O/c1-4-7-17-8-6-9-19(14-17)29-22-21(24(25,26)27)15-28-23(31-22)30-18-10-12-20(13-11-18)32-16(3)5-2/h6,8-16H,4-5,7H2,1-3H3,(H2,28,29,30,31). The molecule has 0 radical (unpaired) electrons. The molecule has 0 aliphatic carbocycles. The van der Waals surface area contributed by atoms with Crippen LogP contribution in [0.25, 0.3) is 0 Å². The van der Waals surface area contributed by atoms with Crippen LogP contribution in [0, 0.1) is 0 Å². The first-order valence-electron chi connectivity index (χ1n) is 10.6. The number of anilines is 4. The van der Waals surface area contributed by atoms with Crippen LogP contribution in [0.2, 0.25) is 0 Å². The largest absolute Gasteiger partial charge is 0.491 e. The van der Waals surface area contributed by atoms with Crippen LogP contribution in [0.1, 0.15) is 44.7 Å². The van der Waals surface area contributed by atoms with Gasteiger partial charge in [0.15, 0.2) is 0 Å². The molecule has 1 atom stereocenters. The number of rotatable bonds is 9. The molecule has 0 saturated carbocycles. The lowest BCUT2D eigenvalue weighted by Crippen LogP contribution is -2.12. The summed E-state index contributed by atoms with van der Waals surface area (Å²) in [5.74, 6) is 0.466. The first-order chi connectivity index (χ1) is 15.3. The number of ether oxygens (including phenoxy) is 1. The van der Waals surface area contributed by atoms with E-state index in [9.17, 15) is 13.2 Å². The molecule has 170 valence electrons. The number of nitrogens with zero attached hydrogens (tertiary/aromatic N) is 2. The smallest absolute Gasteiger partial charge is 0.421 e. The Morgan fingerprint density at radius 2 is 1.75 bits per heavy atom. The minimum Gasteiger partial charge on any atom is -0.491 e. The molecule has 3 aromatic rings. The van der Waals surface area contributed by atoms with Crippen molar-refractivity contribution in [3.05, 3.63) is 65.9 Å². The van der Waals surface area contributed by atoms with E-state index >= 15 is 0 Å². The highest BCUT2D eigenvalue weighted by Gasteiger charge is 2.35. The molecule has 0 amide bonds. The van der Waals surface area contributed by atoms with Crippen molar-refractivity contribution >= 4 is 23.1 Å². The van der Waals surface area contributed by atoms with Crippen molar-refractivity contribution in [2.45, 2.75) is 52.3 Å². The lowest BCUT2D eigenvalue weighted by molar-refractivity contribution is -0.137. The molecular weight excluding hydrogens is 417 g/mol. The lowest BCUT2D eigenvalue weighted by Gasteiger charge is -2.16. The van der Waals surface area contributed by atoms with E-state index in [1.807, 2.05) is 39.0 Å². The quantitative estimate of drug-likeness (QED) is 0.368. The fourth-order valence-electron chi connectivity index (χ4n) is 3.04. The molecule has 0 spiro atoms. The van der Waals surface area contributed by atoms with Crippen molar-refractivity contribution < 1.29 is 17.9 Å². The number of nitrogens with one attached hydrogen (secondary N) is 2. The van der Waals surface area contributed by atoms with Gasteiger partial charge >= 0.3 is 6.18 Å². The monoisotopic (exact) mass is 444 g/mol. The minimum absolute atomic E-state index is 0.0563. The molecule has 1 heterocycles. The molecule has 1 unspecified atom stereocenters. The summed E-state index contributed by atoms with van der Waals surface area (Å²) in [7, 11) is 0. The van der Waals surface area contributed by atoms with E-state index in [2.05, 4.69) is 20.6 Å². The van der Waals surface area contributed by atoms with E-state index in [0.717, 1.165) is 31.0 Å². The maximum atomic E-state index is 13.5. The molecule has 5 nitrogen and oxygen atoms in total. The van der Waals surface area contributed by atoms with Gasteiger partial charge in [0.25, 0.3) is 0 Å². The molecule has 3 rings (SSSR count). The van der Waals surface area contributed by atoms with Crippen molar-refractivity contribution in [2.75, 3.05) is 10.6 Å². The Labute approximate surface area is 186 Å². The number of halogens is 3. The summed E-state index contributed by atoms with van der Waals surface area (Å²) in [4.78, 5) is 7.97. The third-order valence-corrected chi connectivity index (χ3v) is 4.85. The molecule has 0 saturated heterocycles. The molecule has 0 aliphatic rings. The molecule has 2 N–H and O–H groups in total. The average Bonchev–Trinajstić information content (AvgIpc) is 2.75. The summed E-state index contributed by atoms with van der Waals surface area (Å²) in [5, 5.41) is 5.76. The fraction of sp³-hybridized carbons (Fsp3) is 0.333. The van der Waals surface area contributed by atoms with Crippen molar-refractivity contribution in [3.8, 4) is 5.75 Å². The SMILES string of the molecule is CCCc1cccc(Nc2nc(Nc3ccc(OC(C)CC)cc3)ncc2C(F)(F)F)c1. The van der Waals surface area contributed by atoms with Crippen LogP contribution in [0.3, 0.4) is 0 Å². The lowest BCUT2D eigenvalue weighted by atomic mass is 10.1. The van der Waals surface area contributed by atoms with E-state index in [4.69, 9.17) is 4.74 Å². The Kier molecular flexibility index (Phi) is 7.56. The summed E-state index contributed by atoms with van der Waals surface area (Å²) in [6.07, 6.45) is -1.03. The highest BCUT2D eigenvalue weighted by molar-refractivity contribution is 5.63. The number of aryl methyl sites for hydroxylation is 1. The Bertz CT molecular complexity index is 1020. The van der Waals surface area contributed by atoms with Gasteiger partial charge in [-0.05, 0) is 61.7 Å². The highest BCUT2D eigenvalue weighted by atomic mass is 19.4. The van der Waals surface area contributed by atoms with E-state index in [1.54, 1.807) is 30.3 Å². The number of aromatic nitrogens is 2. The summed E-state index contributed by atoms with van der Waals surface area (Å²) in [5.41, 5.74) is 1.29. The maximum Gasteiger partial charge on any atom is 0.421 e. The number of hydrogen-bond donors (Lipinski definition) is 2. The Hall–Kier alpha value is -3.29. The van der Waals surface area contributed by atoms with Gasteiger partial charge in [-0.1, -0.05) is 32.4 Å². The molecule has 8 heteroatoms. The van der Waals surface area contributed by atoms with Crippen LogP contribution >= 0.6 is 0 Å². The van der Waals surface area contributed by atoms with Gasteiger partial charge in [0.1, 0.15) is 17.1 Å². The van der Waals surface area contributed by atoms with Gasteiger partial charge in [0.05, 0.1) is 6.10 Å². The number of benzene rings is 2. The van der Waals surface area contributed by atoms with E-state index in [0.29, 0.717) is 17.1 Å². The second-order valence-corrected chi connectivity index (χ2v) is 7.52. The van der Waals surface area contributed by atoms with Crippen LogP contribution in [0.15, 0.2) is 54.7 Å². The van der Waals surface area contributed by atoms with Crippen LogP contribution in [-0.4, -0.2) is 16.1 Å². The summed E-state index contributed by atoms with van der Waals surface area (Å²) in [6, 6.07) is 14.4. The molecule has 1 aromatic heterocycles. The second-order valence-electron chi connectivity index (χ2n) is 7.52. The number of alkyl halides is 3. The van der Waals surface area contributed by atoms with Gasteiger partial charge < -0.3 is 15.4 Å². The first kappa shape index (κ1) is 23.4. The first-order valence-corrected chi connectivity index (χ1v) is 10.6. The zero-order chi connectivity index (χ0) is 23.1. The fourth-order valence-corrected chi connectivity index (χ4v) is 3.04. The van der Waals surface area contributed by atoms with Crippen LogP contribution < -0.4 is 15.4 Å². The van der Waals surface area contributed by atoms with Crippen molar-refractivity contribution in [3.63, 3.8) is 0 Å². The topological polar surface area (TPSA) is 59.1 Å². The third kappa shape index (κ3) is 6.35. The Morgan fingerprint density at radius 1 is 1.00 bits per heavy atom.